The number of halogens is 3. The van der Waals surface area contributed by atoms with Gasteiger partial charge in [0, 0.05) is 16.2 Å². The van der Waals surface area contributed by atoms with Crippen LogP contribution < -0.4 is 11.2 Å². The first kappa shape index (κ1) is 22.2. The number of nitrogens with zero attached hydrogens (tertiary/aromatic N) is 1. The van der Waals surface area contributed by atoms with Gasteiger partial charge < -0.3 is 19.7 Å². The van der Waals surface area contributed by atoms with Crippen LogP contribution in [0.1, 0.15) is 17.4 Å². The summed E-state index contributed by atoms with van der Waals surface area (Å²) in [5.41, 5.74) is -0.535. The van der Waals surface area contributed by atoms with Gasteiger partial charge in [-0.25, -0.2) is 4.79 Å². The summed E-state index contributed by atoms with van der Waals surface area (Å²) in [6, 6.07) is 4.90. The van der Waals surface area contributed by atoms with Crippen LogP contribution >= 0.6 is 39.1 Å². The van der Waals surface area contributed by atoms with Crippen LogP contribution in [0.5, 0.6) is 0 Å². The maximum absolute atomic E-state index is 12.2. The van der Waals surface area contributed by atoms with Crippen LogP contribution in [-0.2, 0) is 16.1 Å². The molecule has 0 spiro atoms. The molecule has 1 aromatic carbocycles. The molecule has 1 saturated heterocycles. The average molecular weight is 508 g/mol. The number of H-pyrrole nitrogens is 1. The molecule has 0 saturated carbocycles. The summed E-state index contributed by atoms with van der Waals surface area (Å²) in [6.07, 6.45) is -1.58. The van der Waals surface area contributed by atoms with Crippen LogP contribution in [-0.4, -0.2) is 44.7 Å². The van der Waals surface area contributed by atoms with Gasteiger partial charge in [0.05, 0.1) is 18.8 Å². The zero-order valence-electron chi connectivity index (χ0n) is 14.8. The van der Waals surface area contributed by atoms with Gasteiger partial charge in [-0.05, 0) is 28.8 Å². The smallest absolute Gasteiger partial charge is 0.330 e. The molecule has 2 heterocycles. The summed E-state index contributed by atoms with van der Waals surface area (Å²) >= 11 is 15.1. The maximum atomic E-state index is 12.2. The van der Waals surface area contributed by atoms with Crippen LogP contribution in [0.25, 0.3) is 6.08 Å². The van der Waals surface area contributed by atoms with E-state index in [0.717, 1.165) is 4.57 Å². The van der Waals surface area contributed by atoms with E-state index in [1.54, 1.807) is 18.2 Å². The number of aliphatic hydroxyl groups excluding tert-OH is 2. The highest BCUT2D eigenvalue weighted by Gasteiger charge is 2.45. The van der Waals surface area contributed by atoms with Gasteiger partial charge in [-0.15, -0.1) is 0 Å². The molecular formula is C18H17BrCl2N2O6. The molecule has 3 N–H and O–H groups in total. The van der Waals surface area contributed by atoms with Crippen LogP contribution in [0.15, 0.2) is 39.0 Å². The first-order chi connectivity index (χ1) is 13.8. The fraction of sp³-hybridized carbons (Fsp3) is 0.333. The Hall–Kier alpha value is -1.46. The van der Waals surface area contributed by atoms with Crippen LogP contribution in [0, 0.1) is 0 Å². The van der Waals surface area contributed by atoms with Crippen LogP contribution in [0.3, 0.4) is 0 Å². The van der Waals surface area contributed by atoms with Crippen molar-refractivity contribution >= 4 is 45.2 Å². The number of nitrogens with one attached hydrogen (secondary N) is 1. The van der Waals surface area contributed by atoms with Gasteiger partial charge in [0.1, 0.15) is 18.3 Å². The molecule has 0 radical (unpaired) electrons. The SMILES string of the molecule is O=c1[nH]c(=O)n([C@@H]2O[C@H](CO)[C@@H](OCc3ccc(Cl)cc3Cl)[C@@H]2O)cc1/C=C/Br. The number of benzene rings is 1. The van der Waals surface area contributed by atoms with Gasteiger partial charge in [0.15, 0.2) is 6.23 Å². The molecule has 1 aliphatic rings. The van der Waals surface area contributed by atoms with E-state index in [4.69, 9.17) is 32.7 Å². The van der Waals surface area contributed by atoms with Crippen molar-refractivity contribution in [2.24, 2.45) is 0 Å². The maximum Gasteiger partial charge on any atom is 0.330 e. The van der Waals surface area contributed by atoms with Crippen LogP contribution in [0.2, 0.25) is 10.0 Å². The molecule has 1 fully saturated rings. The molecule has 29 heavy (non-hydrogen) atoms. The molecular weight excluding hydrogens is 491 g/mol. The lowest BCUT2D eigenvalue weighted by molar-refractivity contribution is -0.0661. The third kappa shape index (κ3) is 4.83. The quantitative estimate of drug-likeness (QED) is 0.551. The van der Waals surface area contributed by atoms with Crippen molar-refractivity contribution in [3.63, 3.8) is 0 Å². The predicted molar refractivity (Wildman–Crippen MR) is 111 cm³/mol. The Morgan fingerprint density at radius 3 is 2.76 bits per heavy atom. The average Bonchev–Trinajstić information content (AvgIpc) is 2.99. The topological polar surface area (TPSA) is 114 Å². The summed E-state index contributed by atoms with van der Waals surface area (Å²) in [4.78, 5) is 27.7. The first-order valence-electron chi connectivity index (χ1n) is 8.48. The molecule has 4 atom stereocenters. The molecule has 0 unspecified atom stereocenters. The number of aromatic amines is 1. The Balaban J connectivity index is 1.84. The van der Waals surface area contributed by atoms with E-state index in [0.29, 0.717) is 15.6 Å². The van der Waals surface area contributed by atoms with E-state index in [-0.39, 0.29) is 12.2 Å². The number of rotatable bonds is 6. The molecule has 8 nitrogen and oxygen atoms in total. The van der Waals surface area contributed by atoms with Gasteiger partial charge in [0.25, 0.3) is 5.56 Å². The van der Waals surface area contributed by atoms with Crippen molar-refractivity contribution in [1.29, 1.82) is 0 Å². The molecule has 1 aliphatic heterocycles. The van der Waals surface area contributed by atoms with Crippen molar-refractivity contribution < 1.29 is 19.7 Å². The Morgan fingerprint density at radius 2 is 2.10 bits per heavy atom. The van der Waals surface area contributed by atoms with Crippen molar-refractivity contribution in [3.05, 3.63) is 71.4 Å². The Kier molecular flexibility index (Phi) is 7.33. The Labute approximate surface area is 183 Å². The molecule has 2 aromatic rings. The molecule has 11 heteroatoms. The third-order valence-corrected chi connectivity index (χ3v) is 5.30. The highest BCUT2D eigenvalue weighted by atomic mass is 79.9. The normalized spacial score (nSPS) is 24.4. The second kappa shape index (κ2) is 9.57. The predicted octanol–water partition coefficient (Wildman–Crippen LogP) is 2.05. The van der Waals surface area contributed by atoms with E-state index >= 15 is 0 Å². The van der Waals surface area contributed by atoms with E-state index in [1.807, 2.05) is 0 Å². The zero-order valence-corrected chi connectivity index (χ0v) is 17.9. The van der Waals surface area contributed by atoms with E-state index < -0.39 is 42.4 Å². The minimum absolute atomic E-state index is 0.0302. The van der Waals surface area contributed by atoms with Gasteiger partial charge in [-0.2, -0.15) is 0 Å². The second-order valence-corrected chi connectivity index (χ2v) is 7.67. The first-order valence-corrected chi connectivity index (χ1v) is 10.1. The molecule has 3 rings (SSSR count). The second-order valence-electron chi connectivity index (χ2n) is 6.29. The van der Waals surface area contributed by atoms with Gasteiger partial charge in [0.2, 0.25) is 0 Å². The molecule has 1 aromatic heterocycles. The lowest BCUT2D eigenvalue weighted by Crippen LogP contribution is -2.39. The standard InChI is InChI=1S/C18H17BrCl2N2O6/c19-4-3-9-6-23(18(27)22-16(9)26)17-14(25)15(13(7-24)29-17)28-8-10-1-2-11(20)5-12(10)21/h1-6,13-15,17,24-25H,7-8H2,(H,22,26,27)/b4-3+/t13-,14+,15-,17-/m1/s1. The summed E-state index contributed by atoms with van der Waals surface area (Å²) in [6.45, 7) is -0.415. The molecule has 0 aliphatic carbocycles. The summed E-state index contributed by atoms with van der Waals surface area (Å²) in [7, 11) is 0. The van der Waals surface area contributed by atoms with E-state index in [9.17, 15) is 19.8 Å². The summed E-state index contributed by atoms with van der Waals surface area (Å²) < 4.78 is 12.4. The Morgan fingerprint density at radius 1 is 1.34 bits per heavy atom. The number of ether oxygens (including phenoxy) is 2. The van der Waals surface area contributed by atoms with Gasteiger partial charge >= 0.3 is 5.69 Å². The minimum atomic E-state index is -1.29. The molecule has 156 valence electrons. The van der Waals surface area contributed by atoms with E-state index in [1.165, 1.54) is 17.3 Å². The molecule has 0 bridgehead atoms. The fourth-order valence-corrected chi connectivity index (χ4v) is 3.75. The third-order valence-electron chi connectivity index (χ3n) is 4.45. The highest BCUT2D eigenvalue weighted by Crippen LogP contribution is 2.32. The zero-order chi connectivity index (χ0) is 21.1. The number of aliphatic hydroxyl groups is 2. The number of hydrogen-bond acceptors (Lipinski definition) is 6. The fourth-order valence-electron chi connectivity index (χ4n) is 3.00. The largest absolute Gasteiger partial charge is 0.394 e. The highest BCUT2D eigenvalue weighted by molar-refractivity contribution is 9.11. The lowest BCUT2D eigenvalue weighted by Gasteiger charge is -2.20. The number of aromatic nitrogens is 2. The summed E-state index contributed by atoms with van der Waals surface area (Å²) in [5.74, 6) is 0. The van der Waals surface area contributed by atoms with Crippen LogP contribution in [0.4, 0.5) is 0 Å². The van der Waals surface area contributed by atoms with Crippen molar-refractivity contribution in [2.45, 2.75) is 31.1 Å². The Bertz CT molecular complexity index is 1020. The number of hydrogen-bond donors (Lipinski definition) is 3. The monoisotopic (exact) mass is 506 g/mol. The van der Waals surface area contributed by atoms with Crippen molar-refractivity contribution in [3.8, 4) is 0 Å². The minimum Gasteiger partial charge on any atom is -0.394 e. The van der Waals surface area contributed by atoms with Gasteiger partial charge in [-0.3, -0.25) is 14.3 Å². The van der Waals surface area contributed by atoms with E-state index in [2.05, 4.69) is 20.9 Å². The van der Waals surface area contributed by atoms with Crippen molar-refractivity contribution in [1.82, 2.24) is 9.55 Å². The lowest BCUT2D eigenvalue weighted by atomic mass is 10.1. The van der Waals surface area contributed by atoms with Crippen molar-refractivity contribution in [2.75, 3.05) is 6.61 Å². The summed E-state index contributed by atoms with van der Waals surface area (Å²) in [5, 5.41) is 21.2. The van der Waals surface area contributed by atoms with Gasteiger partial charge in [-0.1, -0.05) is 45.2 Å². The molecule has 0 amide bonds.